The minimum atomic E-state index is -0.380. The quantitative estimate of drug-likeness (QED) is 0.530. The van der Waals surface area contributed by atoms with Crippen molar-refractivity contribution < 1.29 is 14.2 Å². The van der Waals surface area contributed by atoms with Gasteiger partial charge >= 0.3 is 0 Å². The summed E-state index contributed by atoms with van der Waals surface area (Å²) in [5, 5.41) is 12.1. The van der Waals surface area contributed by atoms with Crippen LogP contribution in [0.3, 0.4) is 0 Å². The molecule has 1 fully saturated rings. The van der Waals surface area contributed by atoms with E-state index in [1.807, 2.05) is 17.5 Å². The molecule has 0 spiro atoms. The Morgan fingerprint density at radius 1 is 1.31 bits per heavy atom. The Morgan fingerprint density at radius 3 is 3.00 bits per heavy atom. The molecule has 0 radical (unpaired) electrons. The van der Waals surface area contributed by atoms with Crippen LogP contribution in [0.25, 0.3) is 17.1 Å². The molecule has 7 nitrogen and oxygen atoms in total. The number of nitrogens with zero attached hydrogens (tertiary/aromatic N) is 3. The summed E-state index contributed by atoms with van der Waals surface area (Å²) >= 11 is 7.97. The molecule has 3 aromatic rings. The number of thiophene rings is 1. The lowest BCUT2D eigenvalue weighted by Gasteiger charge is -2.14. The van der Waals surface area contributed by atoms with Crippen LogP contribution in [0.5, 0.6) is 0 Å². The average Bonchev–Trinajstić information content (AvgIpc) is 3.34. The number of carbonyl (C=O) groups is 2. The number of benzene rings is 1. The maximum atomic E-state index is 12.5. The highest BCUT2D eigenvalue weighted by Gasteiger charge is 2.33. The zero-order valence-corrected chi connectivity index (χ0v) is 15.5. The summed E-state index contributed by atoms with van der Waals surface area (Å²) in [6, 6.07) is 8.95. The number of aromatic nitrogens is 2. The highest BCUT2D eigenvalue weighted by Crippen LogP contribution is 2.33. The number of hydrogen-bond donors (Lipinski definition) is 1. The van der Waals surface area contributed by atoms with Crippen molar-refractivity contribution in [3.05, 3.63) is 45.5 Å². The molecule has 0 unspecified atom stereocenters. The molecule has 130 valence electrons. The molecule has 1 aliphatic rings. The molecule has 3 heterocycles. The van der Waals surface area contributed by atoms with Crippen LogP contribution in [-0.2, 0) is 9.59 Å². The predicted molar refractivity (Wildman–Crippen MR) is 105 cm³/mol. The minimum absolute atomic E-state index is 0.173. The van der Waals surface area contributed by atoms with Crippen molar-refractivity contribution in [1.29, 1.82) is 0 Å². The number of thioether (sulfide) groups is 1. The van der Waals surface area contributed by atoms with Crippen molar-refractivity contribution in [2.75, 3.05) is 11.9 Å². The van der Waals surface area contributed by atoms with Crippen molar-refractivity contribution in [2.24, 2.45) is 0 Å². The van der Waals surface area contributed by atoms with E-state index in [9.17, 15) is 9.59 Å². The molecule has 0 aliphatic carbocycles. The van der Waals surface area contributed by atoms with Crippen LogP contribution in [-0.4, -0.2) is 37.9 Å². The van der Waals surface area contributed by atoms with Crippen molar-refractivity contribution >= 4 is 74.2 Å². The van der Waals surface area contributed by atoms with Gasteiger partial charge in [-0.25, -0.2) is 4.63 Å². The van der Waals surface area contributed by atoms with Gasteiger partial charge in [-0.3, -0.25) is 14.5 Å². The van der Waals surface area contributed by atoms with Crippen LogP contribution < -0.4 is 5.32 Å². The van der Waals surface area contributed by atoms with E-state index < -0.39 is 0 Å². The Morgan fingerprint density at radius 2 is 2.19 bits per heavy atom. The predicted octanol–water partition coefficient (Wildman–Crippen LogP) is 3.12. The smallest absolute Gasteiger partial charge is 0.266 e. The Hall–Kier alpha value is -2.56. The van der Waals surface area contributed by atoms with Crippen molar-refractivity contribution in [2.45, 2.75) is 0 Å². The van der Waals surface area contributed by atoms with Crippen LogP contribution >= 0.6 is 35.3 Å². The fourth-order valence-electron chi connectivity index (χ4n) is 2.38. The molecule has 2 aromatic heterocycles. The molecule has 2 amide bonds. The van der Waals surface area contributed by atoms with Crippen molar-refractivity contribution in [3.63, 3.8) is 0 Å². The Balaban J connectivity index is 1.48. The minimum Gasteiger partial charge on any atom is -0.322 e. The molecule has 26 heavy (non-hydrogen) atoms. The second-order valence-corrected chi connectivity index (χ2v) is 7.92. The van der Waals surface area contributed by atoms with Gasteiger partial charge < -0.3 is 5.32 Å². The van der Waals surface area contributed by atoms with Crippen LogP contribution in [0, 0.1) is 0 Å². The van der Waals surface area contributed by atoms with E-state index in [2.05, 4.69) is 20.3 Å². The fraction of sp³-hybridized carbons (Fsp3) is 0.0625. The van der Waals surface area contributed by atoms with E-state index in [4.69, 9.17) is 12.2 Å². The zero-order valence-electron chi connectivity index (χ0n) is 13.0. The molecule has 1 saturated heterocycles. The molecular formula is C16H10N4O3S3. The van der Waals surface area contributed by atoms with Gasteiger partial charge in [0.15, 0.2) is 5.52 Å². The first kappa shape index (κ1) is 16.9. The Bertz CT molecular complexity index is 1040. The SMILES string of the molecule is O=C(CN1C(=O)C(=Cc2cccs2)SC1=S)Nc1cccc2nonc12. The third-order valence-electron chi connectivity index (χ3n) is 3.55. The van der Waals surface area contributed by atoms with Gasteiger partial charge in [-0.15, -0.1) is 11.3 Å². The monoisotopic (exact) mass is 402 g/mol. The highest BCUT2D eigenvalue weighted by molar-refractivity contribution is 8.26. The summed E-state index contributed by atoms with van der Waals surface area (Å²) in [5.41, 5.74) is 1.45. The first-order valence-corrected chi connectivity index (χ1v) is 9.52. The van der Waals surface area contributed by atoms with E-state index in [1.54, 1.807) is 24.3 Å². The normalized spacial score (nSPS) is 16.0. The molecule has 0 saturated carbocycles. The first-order valence-electron chi connectivity index (χ1n) is 7.42. The van der Waals surface area contributed by atoms with Gasteiger partial charge in [0.2, 0.25) is 5.91 Å². The van der Waals surface area contributed by atoms with Crippen LogP contribution in [0.2, 0.25) is 0 Å². The number of fused-ring (bicyclic) bond motifs is 1. The Labute approximate surface area is 161 Å². The summed E-state index contributed by atoms with van der Waals surface area (Å²) in [6.07, 6.45) is 1.78. The van der Waals surface area contributed by atoms with Crippen LogP contribution in [0.15, 0.2) is 45.2 Å². The second kappa shape index (κ2) is 6.98. The molecule has 1 aliphatic heterocycles. The fourth-order valence-corrected chi connectivity index (χ4v) is 4.36. The maximum absolute atomic E-state index is 12.5. The van der Waals surface area contributed by atoms with Gasteiger partial charge in [-0.1, -0.05) is 36.1 Å². The summed E-state index contributed by atoms with van der Waals surface area (Å²) in [4.78, 5) is 27.7. The Kier molecular flexibility index (Phi) is 4.53. The summed E-state index contributed by atoms with van der Waals surface area (Å²) in [7, 11) is 0. The standard InChI is InChI=1S/C16H10N4O3S3/c21-13(17-10-4-1-5-11-14(10)19-23-18-11)8-20-15(22)12(26-16(20)24)7-9-3-2-6-25-9/h1-7H,8H2,(H,17,21). The molecule has 0 atom stereocenters. The molecule has 1 N–H and O–H groups in total. The van der Waals surface area contributed by atoms with E-state index in [0.717, 1.165) is 4.88 Å². The van der Waals surface area contributed by atoms with E-state index in [1.165, 1.54) is 28.0 Å². The highest BCUT2D eigenvalue weighted by atomic mass is 32.2. The largest absolute Gasteiger partial charge is 0.322 e. The van der Waals surface area contributed by atoms with Gasteiger partial charge in [-0.2, -0.15) is 0 Å². The number of rotatable bonds is 4. The maximum Gasteiger partial charge on any atom is 0.266 e. The number of nitrogens with one attached hydrogen (secondary N) is 1. The topological polar surface area (TPSA) is 88.3 Å². The lowest BCUT2D eigenvalue weighted by molar-refractivity contribution is -0.126. The van der Waals surface area contributed by atoms with Gasteiger partial charge in [0.1, 0.15) is 16.4 Å². The van der Waals surface area contributed by atoms with Gasteiger partial charge in [0.05, 0.1) is 10.6 Å². The number of anilines is 1. The van der Waals surface area contributed by atoms with Crippen LogP contribution in [0.4, 0.5) is 5.69 Å². The molecule has 10 heteroatoms. The van der Waals surface area contributed by atoms with Crippen LogP contribution in [0.1, 0.15) is 4.88 Å². The zero-order chi connectivity index (χ0) is 18.1. The molecular weight excluding hydrogens is 392 g/mol. The summed E-state index contributed by atoms with van der Waals surface area (Å²) < 4.78 is 5.03. The van der Waals surface area contributed by atoms with E-state index in [-0.39, 0.29) is 18.4 Å². The first-order chi connectivity index (χ1) is 12.6. The molecule has 1 aromatic carbocycles. The number of carbonyl (C=O) groups excluding carboxylic acids is 2. The number of thiocarbonyl (C=S) groups is 1. The van der Waals surface area contributed by atoms with Crippen molar-refractivity contribution in [1.82, 2.24) is 15.2 Å². The lowest BCUT2D eigenvalue weighted by atomic mass is 10.2. The van der Waals surface area contributed by atoms with Gasteiger partial charge in [-0.05, 0) is 40.0 Å². The summed E-state index contributed by atoms with van der Waals surface area (Å²) in [5.74, 6) is -0.654. The average molecular weight is 402 g/mol. The second-order valence-electron chi connectivity index (χ2n) is 5.27. The van der Waals surface area contributed by atoms with E-state index >= 15 is 0 Å². The lowest BCUT2D eigenvalue weighted by Crippen LogP contribution is -2.36. The van der Waals surface area contributed by atoms with Crippen molar-refractivity contribution in [3.8, 4) is 0 Å². The van der Waals surface area contributed by atoms with E-state index in [0.29, 0.717) is 25.9 Å². The third kappa shape index (κ3) is 3.26. The third-order valence-corrected chi connectivity index (χ3v) is 5.75. The number of hydrogen-bond acceptors (Lipinski definition) is 8. The number of amides is 2. The summed E-state index contributed by atoms with van der Waals surface area (Å²) in [6.45, 7) is -0.173. The van der Waals surface area contributed by atoms with Gasteiger partial charge in [0.25, 0.3) is 5.91 Å². The molecule has 0 bridgehead atoms. The van der Waals surface area contributed by atoms with Gasteiger partial charge in [0, 0.05) is 4.88 Å². The molecule has 4 rings (SSSR count).